The molecule has 0 aliphatic heterocycles. The Morgan fingerprint density at radius 3 is 2.57 bits per heavy atom. The van der Waals surface area contributed by atoms with Crippen molar-refractivity contribution in [2.24, 2.45) is 5.92 Å². The molecule has 0 unspecified atom stereocenters. The predicted molar refractivity (Wildman–Crippen MR) is 65.3 cm³/mol. The van der Waals surface area contributed by atoms with Crippen molar-refractivity contribution < 1.29 is 0 Å². The minimum atomic E-state index is 0.792. The van der Waals surface area contributed by atoms with Gasteiger partial charge in [0.25, 0.3) is 0 Å². The summed E-state index contributed by atoms with van der Waals surface area (Å²) >= 11 is 0. The summed E-state index contributed by atoms with van der Waals surface area (Å²) in [5.74, 6) is 0.792. The second-order valence-corrected chi connectivity index (χ2v) is 4.55. The van der Waals surface area contributed by atoms with Crippen molar-refractivity contribution in [2.45, 2.75) is 39.5 Å². The maximum Gasteiger partial charge on any atom is 0.00555 e. The highest BCUT2D eigenvalue weighted by atomic mass is 15.0. The Morgan fingerprint density at radius 2 is 2.07 bits per heavy atom. The van der Waals surface area contributed by atoms with E-state index in [-0.39, 0.29) is 0 Å². The van der Waals surface area contributed by atoms with Crippen LogP contribution in [-0.2, 0) is 0 Å². The molecule has 0 saturated carbocycles. The first-order valence-corrected chi connectivity index (χ1v) is 5.50. The molecule has 1 nitrogen and oxygen atoms in total. The van der Waals surface area contributed by atoms with Crippen LogP contribution in [0, 0.1) is 5.92 Å². The maximum absolute atomic E-state index is 3.94. The predicted octanol–water partition coefficient (Wildman–Crippen LogP) is 3.83. The van der Waals surface area contributed by atoms with E-state index in [1.165, 1.54) is 31.3 Å². The van der Waals surface area contributed by atoms with Crippen molar-refractivity contribution in [3.63, 3.8) is 0 Å². The average molecular weight is 195 g/mol. The van der Waals surface area contributed by atoms with Gasteiger partial charge in [0.2, 0.25) is 0 Å². The van der Waals surface area contributed by atoms with E-state index in [4.69, 9.17) is 0 Å². The highest BCUT2D eigenvalue weighted by molar-refractivity contribution is 4.89. The normalized spacial score (nSPS) is 13.1. The van der Waals surface area contributed by atoms with E-state index in [0.717, 1.165) is 5.92 Å². The first-order chi connectivity index (χ1) is 6.52. The number of unbranched alkanes of at least 4 members (excludes halogenated alkanes) is 1. The monoisotopic (exact) mass is 195 g/mol. The Hall–Kier alpha value is -0.720. The lowest BCUT2D eigenvalue weighted by Crippen LogP contribution is -2.00. The molecule has 0 aromatic heterocycles. The van der Waals surface area contributed by atoms with E-state index < -0.39 is 0 Å². The fourth-order valence-corrected chi connectivity index (χ4v) is 1.57. The van der Waals surface area contributed by atoms with Crippen LogP contribution in [0.25, 0.3) is 0 Å². The van der Waals surface area contributed by atoms with Crippen LogP contribution in [0.5, 0.6) is 0 Å². The topological polar surface area (TPSA) is 3.24 Å². The third-order valence-corrected chi connectivity index (χ3v) is 2.17. The molecule has 1 heteroatoms. The zero-order chi connectivity index (χ0) is 11.0. The quantitative estimate of drug-likeness (QED) is 0.441. The molecule has 0 heterocycles. The van der Waals surface area contributed by atoms with Gasteiger partial charge < -0.3 is 4.90 Å². The molecule has 0 radical (unpaired) electrons. The van der Waals surface area contributed by atoms with Crippen LogP contribution in [0.1, 0.15) is 39.5 Å². The van der Waals surface area contributed by atoms with Crippen LogP contribution in [0.2, 0.25) is 0 Å². The molecular formula is C13H25N. The third kappa shape index (κ3) is 9.37. The Bertz CT molecular complexity index is 180. The largest absolute Gasteiger partial charge is 0.384 e. The minimum Gasteiger partial charge on any atom is -0.384 e. The van der Waals surface area contributed by atoms with Crippen molar-refractivity contribution in [1.29, 1.82) is 0 Å². The Kier molecular flexibility index (Phi) is 7.27. The fraction of sp³-hybridized carbons (Fsp3) is 0.692. The van der Waals surface area contributed by atoms with Gasteiger partial charge in [-0.3, -0.25) is 0 Å². The molecule has 0 amide bonds. The van der Waals surface area contributed by atoms with E-state index in [2.05, 4.69) is 51.7 Å². The molecule has 82 valence electrons. The molecular weight excluding hydrogens is 170 g/mol. The third-order valence-electron chi connectivity index (χ3n) is 2.17. The van der Waals surface area contributed by atoms with Crippen LogP contribution >= 0.6 is 0 Å². The van der Waals surface area contributed by atoms with Crippen LogP contribution < -0.4 is 0 Å². The van der Waals surface area contributed by atoms with Crippen LogP contribution in [-0.4, -0.2) is 19.0 Å². The van der Waals surface area contributed by atoms with Gasteiger partial charge in [-0.1, -0.05) is 25.0 Å². The van der Waals surface area contributed by atoms with E-state index in [9.17, 15) is 0 Å². The van der Waals surface area contributed by atoms with Crippen molar-refractivity contribution in [1.82, 2.24) is 4.90 Å². The van der Waals surface area contributed by atoms with Crippen molar-refractivity contribution in [2.75, 3.05) is 14.1 Å². The van der Waals surface area contributed by atoms with Gasteiger partial charge in [-0.25, -0.2) is 0 Å². The summed E-state index contributed by atoms with van der Waals surface area (Å²) in [6, 6.07) is 0. The number of allylic oxidation sites excluding steroid dienone is 2. The Labute approximate surface area is 89.5 Å². The van der Waals surface area contributed by atoms with Gasteiger partial charge in [0.15, 0.2) is 0 Å². The van der Waals surface area contributed by atoms with Crippen LogP contribution in [0.3, 0.4) is 0 Å². The molecule has 0 rings (SSSR count). The number of hydrogen-bond donors (Lipinski definition) is 0. The van der Waals surface area contributed by atoms with Gasteiger partial charge in [-0.05, 0) is 38.3 Å². The summed E-state index contributed by atoms with van der Waals surface area (Å²) < 4.78 is 0. The average Bonchev–Trinajstić information content (AvgIpc) is 2.01. The molecule has 0 saturated heterocycles. The van der Waals surface area contributed by atoms with E-state index >= 15 is 0 Å². The maximum atomic E-state index is 3.94. The zero-order valence-corrected chi connectivity index (χ0v) is 10.2. The SMILES string of the molecule is C=C(C)C[C@H](C)CCC/C=C/N(C)C. The molecule has 0 aromatic rings. The molecule has 0 aromatic carbocycles. The van der Waals surface area contributed by atoms with Gasteiger partial charge >= 0.3 is 0 Å². The van der Waals surface area contributed by atoms with Crippen molar-refractivity contribution in [3.05, 3.63) is 24.4 Å². The summed E-state index contributed by atoms with van der Waals surface area (Å²) in [4.78, 5) is 2.08. The molecule has 14 heavy (non-hydrogen) atoms. The number of rotatable bonds is 7. The first kappa shape index (κ1) is 13.3. The lowest BCUT2D eigenvalue weighted by molar-refractivity contribution is 0.506. The number of nitrogens with zero attached hydrogens (tertiary/aromatic N) is 1. The molecule has 0 fully saturated rings. The molecule has 0 bridgehead atoms. The first-order valence-electron chi connectivity index (χ1n) is 5.50. The lowest BCUT2D eigenvalue weighted by atomic mass is 9.97. The van der Waals surface area contributed by atoms with Gasteiger partial charge in [0.1, 0.15) is 0 Å². The van der Waals surface area contributed by atoms with Crippen molar-refractivity contribution in [3.8, 4) is 0 Å². The van der Waals surface area contributed by atoms with E-state index in [1.54, 1.807) is 0 Å². The zero-order valence-electron chi connectivity index (χ0n) is 10.2. The summed E-state index contributed by atoms with van der Waals surface area (Å²) in [6.45, 7) is 8.37. The molecule has 0 aliphatic carbocycles. The van der Waals surface area contributed by atoms with Gasteiger partial charge in [-0.2, -0.15) is 0 Å². The van der Waals surface area contributed by atoms with Gasteiger partial charge in [0, 0.05) is 14.1 Å². The second kappa shape index (κ2) is 7.66. The fourth-order valence-electron chi connectivity index (χ4n) is 1.57. The van der Waals surface area contributed by atoms with Crippen LogP contribution in [0.15, 0.2) is 24.4 Å². The number of hydrogen-bond acceptors (Lipinski definition) is 1. The molecule has 0 spiro atoms. The minimum absolute atomic E-state index is 0.792. The van der Waals surface area contributed by atoms with Crippen molar-refractivity contribution >= 4 is 0 Å². The molecule has 0 N–H and O–H groups in total. The second-order valence-electron chi connectivity index (χ2n) is 4.55. The van der Waals surface area contributed by atoms with E-state index in [1.807, 2.05) is 0 Å². The summed E-state index contributed by atoms with van der Waals surface area (Å²) in [5.41, 5.74) is 1.31. The summed E-state index contributed by atoms with van der Waals surface area (Å²) in [7, 11) is 4.11. The lowest BCUT2D eigenvalue weighted by Gasteiger charge is -2.09. The smallest absolute Gasteiger partial charge is 0.00555 e. The summed E-state index contributed by atoms with van der Waals surface area (Å²) in [6.07, 6.45) is 9.34. The van der Waals surface area contributed by atoms with Gasteiger partial charge in [0.05, 0.1) is 0 Å². The van der Waals surface area contributed by atoms with Gasteiger partial charge in [-0.15, -0.1) is 6.58 Å². The summed E-state index contributed by atoms with van der Waals surface area (Å²) in [5, 5.41) is 0. The highest BCUT2D eigenvalue weighted by Gasteiger charge is 2.00. The Balaban J connectivity index is 3.40. The Morgan fingerprint density at radius 1 is 1.43 bits per heavy atom. The van der Waals surface area contributed by atoms with Crippen LogP contribution in [0.4, 0.5) is 0 Å². The van der Waals surface area contributed by atoms with E-state index in [0.29, 0.717) is 0 Å². The standard InChI is InChI=1S/C13H25N/c1-12(2)11-13(3)9-7-6-8-10-14(4)5/h8,10,13H,1,6-7,9,11H2,2-5H3/b10-8+/t13-/m1/s1. The molecule has 1 atom stereocenters. The highest BCUT2D eigenvalue weighted by Crippen LogP contribution is 2.15. The molecule has 0 aliphatic rings.